The summed E-state index contributed by atoms with van der Waals surface area (Å²) < 4.78 is 2.14. The van der Waals surface area contributed by atoms with Gasteiger partial charge in [-0.05, 0) is 38.7 Å². The minimum atomic E-state index is 0.965. The first kappa shape index (κ1) is 10.3. The van der Waals surface area contributed by atoms with Crippen molar-refractivity contribution >= 4 is 0 Å². The van der Waals surface area contributed by atoms with Gasteiger partial charge in [0.15, 0.2) is 0 Å². The van der Waals surface area contributed by atoms with Gasteiger partial charge in [-0.25, -0.2) is 0 Å². The highest BCUT2D eigenvalue weighted by molar-refractivity contribution is 5.05. The minimum Gasteiger partial charge on any atom is -0.353 e. The lowest BCUT2D eigenvalue weighted by Gasteiger charge is -2.05. The molecule has 3 nitrogen and oxygen atoms in total. The van der Waals surface area contributed by atoms with Gasteiger partial charge in [-0.3, -0.25) is 0 Å². The van der Waals surface area contributed by atoms with Gasteiger partial charge >= 0.3 is 0 Å². The van der Waals surface area contributed by atoms with Gasteiger partial charge in [-0.2, -0.15) is 0 Å². The quantitative estimate of drug-likeness (QED) is 0.633. The Morgan fingerprint density at radius 2 is 2.23 bits per heavy atom. The van der Waals surface area contributed by atoms with E-state index in [2.05, 4.69) is 40.6 Å². The van der Waals surface area contributed by atoms with Gasteiger partial charge in [0, 0.05) is 25.5 Å². The third kappa shape index (κ3) is 3.61. The van der Waals surface area contributed by atoms with E-state index in [-0.39, 0.29) is 0 Å². The summed E-state index contributed by atoms with van der Waals surface area (Å²) in [4.78, 5) is 0. The van der Waals surface area contributed by atoms with Crippen molar-refractivity contribution in [2.75, 3.05) is 20.1 Å². The summed E-state index contributed by atoms with van der Waals surface area (Å²) in [5.41, 5.74) is 1.34. The molecule has 74 valence electrons. The van der Waals surface area contributed by atoms with Crippen LogP contribution in [-0.4, -0.2) is 24.7 Å². The van der Waals surface area contributed by atoms with E-state index >= 15 is 0 Å². The number of nitrogens with one attached hydrogen (secondary N) is 2. The minimum absolute atomic E-state index is 0.965. The molecule has 0 radical (unpaired) electrons. The smallest absolute Gasteiger partial charge is 0.0359 e. The zero-order valence-corrected chi connectivity index (χ0v) is 8.51. The Kier molecular flexibility index (Phi) is 4.57. The lowest BCUT2D eigenvalue weighted by atomic mass is 10.4. The Labute approximate surface area is 80.1 Å². The van der Waals surface area contributed by atoms with Crippen LogP contribution in [0.5, 0.6) is 0 Å². The second-order valence-corrected chi connectivity index (χ2v) is 3.24. The van der Waals surface area contributed by atoms with Crippen LogP contribution in [0.15, 0.2) is 18.3 Å². The molecule has 0 amide bonds. The maximum Gasteiger partial charge on any atom is 0.0359 e. The zero-order valence-electron chi connectivity index (χ0n) is 8.51. The Morgan fingerprint density at radius 1 is 1.38 bits per heavy atom. The number of aryl methyl sites for hydroxylation is 1. The molecule has 1 rings (SSSR count). The second kappa shape index (κ2) is 5.78. The van der Waals surface area contributed by atoms with Crippen LogP contribution >= 0.6 is 0 Å². The van der Waals surface area contributed by atoms with Crippen LogP contribution < -0.4 is 10.6 Å². The topological polar surface area (TPSA) is 29.0 Å². The molecule has 1 aromatic heterocycles. The van der Waals surface area contributed by atoms with Gasteiger partial charge in [-0.1, -0.05) is 0 Å². The van der Waals surface area contributed by atoms with E-state index in [1.807, 2.05) is 7.05 Å². The van der Waals surface area contributed by atoms with Crippen molar-refractivity contribution in [1.29, 1.82) is 0 Å². The third-order valence-corrected chi connectivity index (χ3v) is 2.14. The molecule has 0 fully saturated rings. The second-order valence-electron chi connectivity index (χ2n) is 3.24. The molecule has 0 spiro atoms. The summed E-state index contributed by atoms with van der Waals surface area (Å²) in [5, 5.41) is 6.53. The molecule has 2 N–H and O–H groups in total. The van der Waals surface area contributed by atoms with Gasteiger partial charge in [0.05, 0.1) is 0 Å². The van der Waals surface area contributed by atoms with E-state index in [4.69, 9.17) is 0 Å². The molecule has 0 bridgehead atoms. The number of hydrogen-bond donors (Lipinski definition) is 2. The van der Waals surface area contributed by atoms with Crippen molar-refractivity contribution in [3.8, 4) is 0 Å². The largest absolute Gasteiger partial charge is 0.353 e. The van der Waals surface area contributed by atoms with Crippen molar-refractivity contribution in [3.05, 3.63) is 24.0 Å². The van der Waals surface area contributed by atoms with E-state index in [9.17, 15) is 0 Å². The number of aromatic nitrogens is 1. The fraction of sp³-hybridized carbons (Fsp3) is 0.600. The van der Waals surface area contributed by atoms with E-state index in [1.54, 1.807) is 0 Å². The Morgan fingerprint density at radius 3 is 2.85 bits per heavy atom. The van der Waals surface area contributed by atoms with Gasteiger partial charge in [0.25, 0.3) is 0 Å². The SMILES string of the molecule is CNCCCNCc1cccn1C. The average Bonchev–Trinajstić information content (AvgIpc) is 2.52. The molecule has 3 heteroatoms. The molecular formula is C10H19N3. The maximum atomic E-state index is 3.40. The molecule has 0 saturated heterocycles. The fourth-order valence-corrected chi connectivity index (χ4v) is 1.29. The van der Waals surface area contributed by atoms with E-state index in [0.717, 1.165) is 19.6 Å². The predicted molar refractivity (Wildman–Crippen MR) is 55.7 cm³/mol. The van der Waals surface area contributed by atoms with Crippen LogP contribution in [0.2, 0.25) is 0 Å². The van der Waals surface area contributed by atoms with Crippen LogP contribution in [-0.2, 0) is 13.6 Å². The lowest BCUT2D eigenvalue weighted by Crippen LogP contribution is -2.20. The van der Waals surface area contributed by atoms with Crippen LogP contribution in [0, 0.1) is 0 Å². The van der Waals surface area contributed by atoms with Crippen molar-refractivity contribution in [3.63, 3.8) is 0 Å². The molecule has 0 aliphatic rings. The molecule has 1 heterocycles. The first-order valence-electron chi connectivity index (χ1n) is 4.80. The normalized spacial score (nSPS) is 10.6. The van der Waals surface area contributed by atoms with E-state index in [0.29, 0.717) is 0 Å². The summed E-state index contributed by atoms with van der Waals surface area (Å²) in [7, 11) is 4.06. The Balaban J connectivity index is 2.10. The fourth-order valence-electron chi connectivity index (χ4n) is 1.29. The van der Waals surface area contributed by atoms with Crippen molar-refractivity contribution in [2.24, 2.45) is 7.05 Å². The molecule has 0 aliphatic carbocycles. The van der Waals surface area contributed by atoms with Crippen molar-refractivity contribution in [2.45, 2.75) is 13.0 Å². The molecule has 0 atom stereocenters. The van der Waals surface area contributed by atoms with Gasteiger partial charge < -0.3 is 15.2 Å². The standard InChI is InChI=1S/C10H19N3/c1-11-6-4-7-12-9-10-5-3-8-13(10)2/h3,5,8,11-12H,4,6-7,9H2,1-2H3. The monoisotopic (exact) mass is 181 g/mol. The average molecular weight is 181 g/mol. The van der Waals surface area contributed by atoms with Gasteiger partial charge in [-0.15, -0.1) is 0 Å². The number of hydrogen-bond acceptors (Lipinski definition) is 2. The molecule has 0 aliphatic heterocycles. The summed E-state index contributed by atoms with van der Waals surface area (Å²) in [6, 6.07) is 4.22. The van der Waals surface area contributed by atoms with Crippen LogP contribution in [0.1, 0.15) is 12.1 Å². The highest BCUT2D eigenvalue weighted by atomic mass is 15.0. The van der Waals surface area contributed by atoms with Crippen LogP contribution in [0.3, 0.4) is 0 Å². The highest BCUT2D eigenvalue weighted by Crippen LogP contribution is 1.97. The Hall–Kier alpha value is -0.800. The maximum absolute atomic E-state index is 3.40. The molecule has 0 saturated carbocycles. The van der Waals surface area contributed by atoms with Crippen molar-refractivity contribution < 1.29 is 0 Å². The molecule has 0 unspecified atom stereocenters. The van der Waals surface area contributed by atoms with E-state index in [1.165, 1.54) is 12.1 Å². The zero-order chi connectivity index (χ0) is 9.52. The summed E-state index contributed by atoms with van der Waals surface area (Å²) in [6.45, 7) is 3.12. The third-order valence-electron chi connectivity index (χ3n) is 2.14. The van der Waals surface area contributed by atoms with Gasteiger partial charge in [0.1, 0.15) is 0 Å². The summed E-state index contributed by atoms with van der Waals surface area (Å²) in [6.07, 6.45) is 3.26. The van der Waals surface area contributed by atoms with Crippen molar-refractivity contribution in [1.82, 2.24) is 15.2 Å². The summed E-state index contributed by atoms with van der Waals surface area (Å²) in [5.74, 6) is 0. The number of rotatable bonds is 6. The lowest BCUT2D eigenvalue weighted by molar-refractivity contribution is 0.608. The Bertz CT molecular complexity index is 230. The van der Waals surface area contributed by atoms with E-state index < -0.39 is 0 Å². The number of nitrogens with zero attached hydrogens (tertiary/aromatic N) is 1. The molecule has 13 heavy (non-hydrogen) atoms. The molecule has 1 aromatic rings. The molecule has 0 aromatic carbocycles. The predicted octanol–water partition coefficient (Wildman–Crippen LogP) is 0.724. The summed E-state index contributed by atoms with van der Waals surface area (Å²) >= 11 is 0. The van der Waals surface area contributed by atoms with Crippen LogP contribution in [0.4, 0.5) is 0 Å². The van der Waals surface area contributed by atoms with Gasteiger partial charge in [0.2, 0.25) is 0 Å². The first-order chi connectivity index (χ1) is 6.34. The molecular weight excluding hydrogens is 162 g/mol. The first-order valence-corrected chi connectivity index (χ1v) is 4.80. The highest BCUT2D eigenvalue weighted by Gasteiger charge is 1.94. The van der Waals surface area contributed by atoms with Crippen LogP contribution in [0.25, 0.3) is 0 Å².